The second-order valence-electron chi connectivity index (χ2n) is 6.57. The Balaban J connectivity index is 1.88. The van der Waals surface area contributed by atoms with Crippen molar-refractivity contribution in [3.8, 4) is 0 Å². The Morgan fingerprint density at radius 3 is 2.40 bits per heavy atom. The summed E-state index contributed by atoms with van der Waals surface area (Å²) in [6.07, 6.45) is 0. The van der Waals surface area contributed by atoms with Crippen LogP contribution >= 0.6 is 0 Å². The summed E-state index contributed by atoms with van der Waals surface area (Å²) in [6, 6.07) is 28.0. The lowest BCUT2D eigenvalue weighted by atomic mass is 10.1. The Morgan fingerprint density at radius 1 is 0.720 bits per heavy atom. The average molecular weight is 322 g/mol. The Bertz CT molecular complexity index is 1220. The van der Waals surface area contributed by atoms with Crippen LogP contribution < -0.4 is 0 Å². The number of benzene rings is 3. The number of para-hydroxylation sites is 1. The predicted molar refractivity (Wildman–Crippen MR) is 105 cm³/mol. The van der Waals surface area contributed by atoms with Crippen molar-refractivity contribution in [2.45, 2.75) is 13.5 Å². The molecule has 120 valence electrons. The van der Waals surface area contributed by atoms with Gasteiger partial charge in [-0.05, 0) is 36.8 Å². The predicted octanol–water partition coefficient (Wildman–Crippen LogP) is 5.70. The number of pyridine rings is 1. The van der Waals surface area contributed by atoms with Crippen LogP contribution in [0.5, 0.6) is 0 Å². The van der Waals surface area contributed by atoms with Crippen molar-refractivity contribution in [3.63, 3.8) is 0 Å². The smallest absolute Gasteiger partial charge is 0.0712 e. The molecular formula is C23H18N2. The molecule has 5 rings (SSSR count). The summed E-state index contributed by atoms with van der Waals surface area (Å²) >= 11 is 0. The van der Waals surface area contributed by atoms with Gasteiger partial charge in [0.15, 0.2) is 0 Å². The van der Waals surface area contributed by atoms with Gasteiger partial charge in [0, 0.05) is 33.9 Å². The van der Waals surface area contributed by atoms with Crippen LogP contribution in [0, 0.1) is 6.92 Å². The molecule has 0 aliphatic heterocycles. The normalized spacial score (nSPS) is 11.6. The number of hydrogen-bond acceptors (Lipinski definition) is 1. The zero-order chi connectivity index (χ0) is 16.8. The number of fused-ring (bicyclic) bond motifs is 5. The molecule has 2 nitrogen and oxygen atoms in total. The second-order valence-corrected chi connectivity index (χ2v) is 6.57. The minimum Gasteiger partial charge on any atom is -0.336 e. The van der Waals surface area contributed by atoms with Crippen molar-refractivity contribution in [2.75, 3.05) is 0 Å². The lowest BCUT2D eigenvalue weighted by molar-refractivity contribution is 0.869. The van der Waals surface area contributed by atoms with E-state index in [4.69, 9.17) is 4.98 Å². The van der Waals surface area contributed by atoms with Crippen molar-refractivity contribution in [1.29, 1.82) is 0 Å². The lowest BCUT2D eigenvalue weighted by Crippen LogP contribution is -1.99. The zero-order valence-corrected chi connectivity index (χ0v) is 14.1. The summed E-state index contributed by atoms with van der Waals surface area (Å²) < 4.78 is 2.42. The molecule has 0 radical (unpaired) electrons. The average Bonchev–Trinajstić information content (AvgIpc) is 2.97. The Kier molecular flexibility index (Phi) is 3.10. The maximum atomic E-state index is 4.72. The summed E-state index contributed by atoms with van der Waals surface area (Å²) in [5.74, 6) is 0. The van der Waals surface area contributed by atoms with Crippen LogP contribution in [0.2, 0.25) is 0 Å². The molecule has 2 heterocycles. The van der Waals surface area contributed by atoms with Gasteiger partial charge in [-0.3, -0.25) is 4.98 Å². The minimum absolute atomic E-state index is 0.871. The molecule has 0 amide bonds. The number of hydrogen-bond donors (Lipinski definition) is 0. The second kappa shape index (κ2) is 5.45. The molecule has 0 unspecified atom stereocenters. The highest BCUT2D eigenvalue weighted by Gasteiger charge is 2.13. The molecule has 5 aromatic rings. The summed E-state index contributed by atoms with van der Waals surface area (Å²) in [5.41, 5.74) is 5.97. The lowest BCUT2D eigenvalue weighted by Gasteiger charge is -2.08. The molecule has 25 heavy (non-hydrogen) atoms. The van der Waals surface area contributed by atoms with E-state index in [0.717, 1.165) is 17.8 Å². The van der Waals surface area contributed by atoms with Crippen LogP contribution in [0.25, 0.3) is 32.7 Å². The molecule has 0 saturated carbocycles. The van der Waals surface area contributed by atoms with Crippen molar-refractivity contribution < 1.29 is 0 Å². The van der Waals surface area contributed by atoms with Gasteiger partial charge in [0.05, 0.1) is 11.0 Å². The van der Waals surface area contributed by atoms with Crippen molar-refractivity contribution in [1.82, 2.24) is 9.55 Å². The fraction of sp³-hybridized carbons (Fsp3) is 0.0870. The van der Waals surface area contributed by atoms with Gasteiger partial charge in [0.25, 0.3) is 0 Å². The Morgan fingerprint density at radius 2 is 1.52 bits per heavy atom. The highest BCUT2D eigenvalue weighted by molar-refractivity contribution is 6.20. The topological polar surface area (TPSA) is 17.8 Å². The van der Waals surface area contributed by atoms with Gasteiger partial charge in [0.1, 0.15) is 0 Å². The molecule has 3 aromatic carbocycles. The van der Waals surface area contributed by atoms with E-state index in [2.05, 4.69) is 83.4 Å². The quantitative estimate of drug-likeness (QED) is 0.407. The van der Waals surface area contributed by atoms with Crippen LogP contribution in [0.15, 0.2) is 78.9 Å². The van der Waals surface area contributed by atoms with Gasteiger partial charge in [-0.1, -0.05) is 54.6 Å². The molecular weight excluding hydrogens is 304 g/mol. The fourth-order valence-corrected chi connectivity index (χ4v) is 3.79. The van der Waals surface area contributed by atoms with E-state index in [0.29, 0.717) is 0 Å². The SMILES string of the molecule is Cc1ccc2c(ccc3c2c2ccccc2n3Cc2ccccc2)n1. The van der Waals surface area contributed by atoms with Gasteiger partial charge in [0.2, 0.25) is 0 Å². The van der Waals surface area contributed by atoms with Crippen molar-refractivity contribution >= 4 is 32.7 Å². The van der Waals surface area contributed by atoms with E-state index in [-0.39, 0.29) is 0 Å². The molecule has 0 fully saturated rings. The molecule has 0 N–H and O–H groups in total. The van der Waals surface area contributed by atoms with Crippen LogP contribution in [0.3, 0.4) is 0 Å². The van der Waals surface area contributed by atoms with Gasteiger partial charge < -0.3 is 4.57 Å². The van der Waals surface area contributed by atoms with Gasteiger partial charge in [-0.15, -0.1) is 0 Å². The van der Waals surface area contributed by atoms with Crippen LogP contribution in [-0.4, -0.2) is 9.55 Å². The first-order chi connectivity index (χ1) is 12.3. The van der Waals surface area contributed by atoms with Crippen molar-refractivity contribution in [3.05, 3.63) is 90.1 Å². The standard InChI is InChI=1S/C23H18N2/c1-16-11-12-18-20(24-16)13-14-22-23(18)19-9-5-6-10-21(19)25(22)15-17-7-3-2-4-8-17/h2-14H,15H2,1H3. The number of rotatable bonds is 2. The highest BCUT2D eigenvalue weighted by atomic mass is 15.0. The number of nitrogens with zero attached hydrogens (tertiary/aromatic N) is 2. The van der Waals surface area contributed by atoms with E-state index in [1.807, 2.05) is 6.92 Å². The monoisotopic (exact) mass is 322 g/mol. The molecule has 0 aliphatic carbocycles. The third kappa shape index (κ3) is 2.22. The van der Waals surface area contributed by atoms with E-state index < -0.39 is 0 Å². The van der Waals surface area contributed by atoms with E-state index in [1.54, 1.807) is 0 Å². The number of aromatic nitrogens is 2. The fourth-order valence-electron chi connectivity index (χ4n) is 3.79. The third-order valence-electron chi connectivity index (χ3n) is 4.93. The summed E-state index contributed by atoms with van der Waals surface area (Å²) in [5, 5.41) is 3.83. The Labute approximate surface area is 146 Å². The summed E-state index contributed by atoms with van der Waals surface area (Å²) in [6.45, 7) is 2.91. The molecule has 0 aliphatic rings. The van der Waals surface area contributed by atoms with E-state index >= 15 is 0 Å². The van der Waals surface area contributed by atoms with Crippen LogP contribution in [-0.2, 0) is 6.54 Å². The molecule has 0 spiro atoms. The molecule has 0 saturated heterocycles. The van der Waals surface area contributed by atoms with Crippen molar-refractivity contribution in [2.24, 2.45) is 0 Å². The highest BCUT2D eigenvalue weighted by Crippen LogP contribution is 2.34. The van der Waals surface area contributed by atoms with E-state index in [1.165, 1.54) is 32.8 Å². The molecule has 2 aromatic heterocycles. The first-order valence-corrected chi connectivity index (χ1v) is 8.62. The van der Waals surface area contributed by atoms with E-state index in [9.17, 15) is 0 Å². The molecule has 0 atom stereocenters. The van der Waals surface area contributed by atoms with Gasteiger partial charge >= 0.3 is 0 Å². The maximum Gasteiger partial charge on any atom is 0.0712 e. The van der Waals surface area contributed by atoms with Crippen LogP contribution in [0.4, 0.5) is 0 Å². The first-order valence-electron chi connectivity index (χ1n) is 8.62. The maximum absolute atomic E-state index is 4.72. The Hall–Kier alpha value is -3.13. The third-order valence-corrected chi connectivity index (χ3v) is 4.93. The molecule has 2 heteroatoms. The first kappa shape index (κ1) is 14.2. The summed E-state index contributed by atoms with van der Waals surface area (Å²) in [7, 11) is 0. The van der Waals surface area contributed by atoms with Crippen LogP contribution in [0.1, 0.15) is 11.3 Å². The largest absolute Gasteiger partial charge is 0.336 e. The molecule has 0 bridgehead atoms. The minimum atomic E-state index is 0.871. The van der Waals surface area contributed by atoms with Gasteiger partial charge in [-0.25, -0.2) is 0 Å². The zero-order valence-electron chi connectivity index (χ0n) is 14.1. The summed E-state index contributed by atoms with van der Waals surface area (Å²) in [4.78, 5) is 4.72. The van der Waals surface area contributed by atoms with Gasteiger partial charge in [-0.2, -0.15) is 0 Å². The number of aryl methyl sites for hydroxylation is 1.